The number of nitrogens with zero attached hydrogens (tertiary/aromatic N) is 3. The number of piperidine rings is 1. The first-order valence-corrected chi connectivity index (χ1v) is 12.1. The summed E-state index contributed by atoms with van der Waals surface area (Å²) < 4.78 is 38.5. The summed E-state index contributed by atoms with van der Waals surface area (Å²) >= 11 is 0. The number of benzene rings is 1. The van der Waals surface area contributed by atoms with E-state index < -0.39 is 15.9 Å². The molecule has 9 heteroatoms. The monoisotopic (exact) mass is 457 g/mol. The smallest absolute Gasteiger partial charge is 0.248 e. The molecule has 1 saturated heterocycles. The van der Waals surface area contributed by atoms with Gasteiger partial charge in [-0.25, -0.2) is 8.42 Å². The number of sulfonamides is 1. The Balaban J connectivity index is 1.55. The number of carbonyl (C=O) groups is 1. The third-order valence-electron chi connectivity index (χ3n) is 5.75. The lowest BCUT2D eigenvalue weighted by molar-refractivity contribution is -0.138. The van der Waals surface area contributed by atoms with Crippen molar-refractivity contribution in [1.82, 2.24) is 14.4 Å². The number of aryl methyl sites for hydroxylation is 2. The second kappa shape index (κ2) is 9.30. The van der Waals surface area contributed by atoms with E-state index in [0.29, 0.717) is 43.9 Å². The first-order valence-electron chi connectivity index (χ1n) is 10.6. The molecule has 8 nitrogen and oxygen atoms in total. The average molecular weight is 458 g/mol. The fraction of sp³-hybridized carbons (Fsp3) is 0.391. The minimum Gasteiger partial charge on any atom is -0.467 e. The zero-order valence-electron chi connectivity index (χ0n) is 18.2. The Hall–Kier alpha value is -2.91. The van der Waals surface area contributed by atoms with Crippen molar-refractivity contribution >= 4 is 15.9 Å². The SMILES string of the molecule is Cc1noc(C)c1S(=O)(=O)N1CCCC(C(=O)N(Cc2ccccc2)Cc2ccco2)C1. The highest BCUT2D eigenvalue weighted by molar-refractivity contribution is 7.89. The van der Waals surface area contributed by atoms with Crippen LogP contribution in [0.3, 0.4) is 0 Å². The van der Waals surface area contributed by atoms with Crippen LogP contribution in [-0.4, -0.2) is 41.8 Å². The van der Waals surface area contributed by atoms with Crippen LogP contribution in [0, 0.1) is 19.8 Å². The van der Waals surface area contributed by atoms with Crippen LogP contribution >= 0.6 is 0 Å². The van der Waals surface area contributed by atoms with E-state index in [1.165, 1.54) is 4.31 Å². The van der Waals surface area contributed by atoms with Gasteiger partial charge in [0.05, 0.1) is 18.7 Å². The largest absolute Gasteiger partial charge is 0.467 e. The molecule has 0 bridgehead atoms. The highest BCUT2D eigenvalue weighted by atomic mass is 32.2. The first kappa shape index (κ1) is 22.3. The summed E-state index contributed by atoms with van der Waals surface area (Å²) in [5.41, 5.74) is 1.34. The molecule has 1 aliphatic rings. The van der Waals surface area contributed by atoms with Crippen molar-refractivity contribution in [2.24, 2.45) is 5.92 Å². The number of hydrogen-bond acceptors (Lipinski definition) is 6. The molecule has 3 aromatic rings. The number of aromatic nitrogens is 1. The van der Waals surface area contributed by atoms with Crippen molar-refractivity contribution in [2.45, 2.75) is 44.7 Å². The summed E-state index contributed by atoms with van der Waals surface area (Å²) in [6.45, 7) is 4.45. The summed E-state index contributed by atoms with van der Waals surface area (Å²) in [6, 6.07) is 13.4. The molecule has 0 spiro atoms. The van der Waals surface area contributed by atoms with Gasteiger partial charge in [-0.2, -0.15) is 4.31 Å². The molecule has 1 unspecified atom stereocenters. The maximum atomic E-state index is 13.6. The van der Waals surface area contributed by atoms with Crippen LogP contribution in [0.1, 0.15) is 35.6 Å². The third-order valence-corrected chi connectivity index (χ3v) is 7.86. The topological polar surface area (TPSA) is 96.9 Å². The van der Waals surface area contributed by atoms with E-state index in [1.807, 2.05) is 36.4 Å². The normalized spacial score (nSPS) is 17.4. The van der Waals surface area contributed by atoms with Gasteiger partial charge in [0.1, 0.15) is 16.3 Å². The fourth-order valence-electron chi connectivity index (χ4n) is 4.20. The van der Waals surface area contributed by atoms with Crippen molar-refractivity contribution in [3.63, 3.8) is 0 Å². The van der Waals surface area contributed by atoms with Gasteiger partial charge in [-0.3, -0.25) is 4.79 Å². The molecule has 1 aromatic carbocycles. The molecule has 1 aliphatic heterocycles. The molecule has 0 aliphatic carbocycles. The number of rotatable bonds is 7. The molecule has 4 rings (SSSR count). The first-order chi connectivity index (χ1) is 15.4. The highest BCUT2D eigenvalue weighted by Gasteiger charge is 2.37. The standard InChI is InChI=1S/C23H27N3O5S/c1-17-22(18(2)31-24-17)32(28,29)26-12-6-10-20(15-26)23(27)25(16-21-11-7-13-30-21)14-19-8-4-3-5-9-19/h3-5,7-9,11,13,20H,6,10,12,14-16H2,1-2H3. The molecule has 0 radical (unpaired) electrons. The Morgan fingerprint density at radius 1 is 1.16 bits per heavy atom. The zero-order chi connectivity index (χ0) is 22.7. The fourth-order valence-corrected chi connectivity index (χ4v) is 6.01. The molecule has 2 aromatic heterocycles. The van der Waals surface area contributed by atoms with Crippen LogP contribution in [0.5, 0.6) is 0 Å². The molecule has 1 atom stereocenters. The molecule has 3 heterocycles. The van der Waals surface area contributed by atoms with E-state index >= 15 is 0 Å². The van der Waals surface area contributed by atoms with Crippen LogP contribution in [0.15, 0.2) is 62.6 Å². The molecular weight excluding hydrogens is 430 g/mol. The molecular formula is C23H27N3O5S. The summed E-state index contributed by atoms with van der Waals surface area (Å²) in [6.07, 6.45) is 2.83. The predicted octanol–water partition coefficient (Wildman–Crippen LogP) is 3.51. The van der Waals surface area contributed by atoms with E-state index in [1.54, 1.807) is 31.1 Å². The molecule has 32 heavy (non-hydrogen) atoms. The Kier molecular flexibility index (Phi) is 6.48. The van der Waals surface area contributed by atoms with Crippen LogP contribution < -0.4 is 0 Å². The van der Waals surface area contributed by atoms with Gasteiger partial charge in [0, 0.05) is 19.6 Å². The minimum absolute atomic E-state index is 0.0797. The summed E-state index contributed by atoms with van der Waals surface area (Å²) in [4.78, 5) is 15.4. The molecule has 170 valence electrons. The molecule has 0 N–H and O–H groups in total. The second-order valence-electron chi connectivity index (χ2n) is 8.11. The lowest BCUT2D eigenvalue weighted by atomic mass is 9.97. The van der Waals surface area contributed by atoms with Gasteiger partial charge in [0.25, 0.3) is 0 Å². The maximum Gasteiger partial charge on any atom is 0.248 e. The molecule has 0 saturated carbocycles. The third kappa shape index (κ3) is 4.63. The minimum atomic E-state index is -3.79. The number of hydrogen-bond donors (Lipinski definition) is 0. The lowest BCUT2D eigenvalue weighted by Crippen LogP contribution is -2.46. The van der Waals surface area contributed by atoms with Gasteiger partial charge in [0.2, 0.25) is 15.9 Å². The lowest BCUT2D eigenvalue weighted by Gasteiger charge is -2.34. The van der Waals surface area contributed by atoms with E-state index in [0.717, 1.165) is 5.56 Å². The Labute approximate surface area is 187 Å². The van der Waals surface area contributed by atoms with Crippen molar-refractivity contribution in [3.05, 3.63) is 71.5 Å². The van der Waals surface area contributed by atoms with Gasteiger partial charge in [-0.1, -0.05) is 35.5 Å². The van der Waals surface area contributed by atoms with E-state index in [2.05, 4.69) is 5.16 Å². The van der Waals surface area contributed by atoms with E-state index in [4.69, 9.17) is 8.94 Å². The number of carbonyl (C=O) groups excluding carboxylic acids is 1. The van der Waals surface area contributed by atoms with Crippen LogP contribution in [0.2, 0.25) is 0 Å². The van der Waals surface area contributed by atoms with Gasteiger partial charge < -0.3 is 13.8 Å². The van der Waals surface area contributed by atoms with Crippen LogP contribution in [0.25, 0.3) is 0 Å². The van der Waals surface area contributed by atoms with Gasteiger partial charge in [-0.05, 0) is 44.4 Å². The highest BCUT2D eigenvalue weighted by Crippen LogP contribution is 2.29. The van der Waals surface area contributed by atoms with Crippen LogP contribution in [0.4, 0.5) is 0 Å². The second-order valence-corrected chi connectivity index (χ2v) is 9.99. The zero-order valence-corrected chi connectivity index (χ0v) is 19.0. The Morgan fingerprint density at radius 3 is 2.59 bits per heavy atom. The van der Waals surface area contributed by atoms with Crippen molar-refractivity contribution in [1.29, 1.82) is 0 Å². The molecule has 1 amide bonds. The van der Waals surface area contributed by atoms with Gasteiger partial charge in [0.15, 0.2) is 5.76 Å². The summed E-state index contributed by atoms with van der Waals surface area (Å²) in [5, 5.41) is 3.78. The quantitative estimate of drug-likeness (QED) is 0.539. The summed E-state index contributed by atoms with van der Waals surface area (Å²) in [7, 11) is -3.79. The van der Waals surface area contributed by atoms with Crippen molar-refractivity contribution in [3.8, 4) is 0 Å². The average Bonchev–Trinajstić information content (AvgIpc) is 3.43. The van der Waals surface area contributed by atoms with Crippen molar-refractivity contribution in [2.75, 3.05) is 13.1 Å². The van der Waals surface area contributed by atoms with E-state index in [9.17, 15) is 13.2 Å². The maximum absolute atomic E-state index is 13.6. The van der Waals surface area contributed by atoms with Crippen molar-refractivity contribution < 1.29 is 22.2 Å². The number of amides is 1. The van der Waals surface area contributed by atoms with Crippen LogP contribution in [-0.2, 0) is 27.9 Å². The van der Waals surface area contributed by atoms with Gasteiger partial charge >= 0.3 is 0 Å². The van der Waals surface area contributed by atoms with E-state index in [-0.39, 0.29) is 23.1 Å². The number of furan rings is 1. The summed E-state index contributed by atoms with van der Waals surface area (Å²) in [5.74, 6) is 0.436. The van der Waals surface area contributed by atoms with Gasteiger partial charge in [-0.15, -0.1) is 0 Å². The Morgan fingerprint density at radius 2 is 1.94 bits per heavy atom. The Bertz CT molecular complexity index is 1140. The predicted molar refractivity (Wildman–Crippen MR) is 117 cm³/mol. The molecule has 1 fully saturated rings.